The van der Waals surface area contributed by atoms with Crippen LogP contribution in [-0.4, -0.2) is 53.7 Å². The number of anilines is 1. The van der Waals surface area contributed by atoms with E-state index in [0.29, 0.717) is 30.7 Å². The van der Waals surface area contributed by atoms with E-state index in [1.54, 1.807) is 12.1 Å². The lowest BCUT2D eigenvalue weighted by atomic mass is 10.0. The van der Waals surface area contributed by atoms with Crippen molar-refractivity contribution in [1.29, 1.82) is 0 Å². The number of phenolic OH excluding ortho intramolecular Hbond substituents is 1. The van der Waals surface area contributed by atoms with Crippen LogP contribution in [0.15, 0.2) is 24.3 Å². The van der Waals surface area contributed by atoms with Gasteiger partial charge in [-0.1, -0.05) is 0 Å². The average molecular weight is 380 g/mol. The van der Waals surface area contributed by atoms with E-state index in [9.17, 15) is 18.3 Å². The molecule has 6 nitrogen and oxygen atoms in total. The zero-order valence-corrected chi connectivity index (χ0v) is 14.6. The maximum absolute atomic E-state index is 12.9. The third-order valence-corrected chi connectivity index (χ3v) is 5.04. The lowest BCUT2D eigenvalue weighted by Crippen LogP contribution is -2.51. The number of alkyl halides is 3. The smallest absolute Gasteiger partial charge is 0.416 e. The first kappa shape index (κ1) is 18.0. The molecule has 0 aliphatic carbocycles. The minimum atomic E-state index is -4.52. The van der Waals surface area contributed by atoms with Gasteiger partial charge in [-0.25, -0.2) is 0 Å². The average Bonchev–Trinajstić information content (AvgIpc) is 3.10. The Morgan fingerprint density at radius 3 is 2.70 bits per heavy atom. The highest BCUT2D eigenvalue weighted by atomic mass is 19.4. The molecule has 144 valence electrons. The van der Waals surface area contributed by atoms with Crippen LogP contribution in [-0.2, 0) is 10.9 Å². The topological polar surface area (TPSA) is 70.5 Å². The van der Waals surface area contributed by atoms with Crippen molar-refractivity contribution < 1.29 is 23.0 Å². The summed E-state index contributed by atoms with van der Waals surface area (Å²) in [4.78, 5) is 2.13. The largest absolute Gasteiger partial charge is 0.507 e. The third-order valence-electron chi connectivity index (χ3n) is 5.04. The normalized spacial score (nSPS) is 22.7. The second kappa shape index (κ2) is 6.65. The van der Waals surface area contributed by atoms with E-state index in [-0.39, 0.29) is 23.3 Å². The molecular formula is C18H19F3N4O2. The van der Waals surface area contributed by atoms with Crippen LogP contribution in [0, 0.1) is 6.92 Å². The molecule has 0 bridgehead atoms. The molecule has 27 heavy (non-hydrogen) atoms. The fraction of sp³-hybridized carbons (Fsp3) is 0.444. The number of morpholine rings is 1. The molecule has 0 spiro atoms. The van der Waals surface area contributed by atoms with Gasteiger partial charge in [-0.2, -0.15) is 13.2 Å². The number of ether oxygens (including phenoxy) is 1. The molecular weight excluding hydrogens is 361 g/mol. The summed E-state index contributed by atoms with van der Waals surface area (Å²) in [7, 11) is 0. The molecule has 0 saturated carbocycles. The van der Waals surface area contributed by atoms with Crippen molar-refractivity contribution >= 4 is 5.82 Å². The van der Waals surface area contributed by atoms with Crippen LogP contribution in [0.5, 0.6) is 5.75 Å². The minimum Gasteiger partial charge on any atom is -0.507 e. The van der Waals surface area contributed by atoms with E-state index in [1.807, 2.05) is 0 Å². The Kier molecular flexibility index (Phi) is 4.43. The minimum absolute atomic E-state index is 0.112. The van der Waals surface area contributed by atoms with E-state index in [4.69, 9.17) is 4.74 Å². The van der Waals surface area contributed by atoms with Gasteiger partial charge in [0.2, 0.25) is 0 Å². The fourth-order valence-corrected chi connectivity index (χ4v) is 3.75. The number of aryl methyl sites for hydroxylation is 1. The second-order valence-electron chi connectivity index (χ2n) is 6.79. The first-order chi connectivity index (χ1) is 12.8. The number of nitrogens with one attached hydrogen (secondary N) is 1. The molecule has 0 radical (unpaired) electrons. The summed E-state index contributed by atoms with van der Waals surface area (Å²) in [6.45, 7) is 4.40. The van der Waals surface area contributed by atoms with Gasteiger partial charge >= 0.3 is 6.18 Å². The van der Waals surface area contributed by atoms with E-state index < -0.39 is 17.5 Å². The third kappa shape index (κ3) is 3.32. The molecule has 1 aromatic carbocycles. The molecule has 2 aliphatic heterocycles. The highest BCUT2D eigenvalue weighted by molar-refractivity contribution is 5.71. The maximum Gasteiger partial charge on any atom is 0.416 e. The van der Waals surface area contributed by atoms with Crippen LogP contribution in [0.1, 0.15) is 11.1 Å². The second-order valence-corrected chi connectivity index (χ2v) is 6.79. The Bertz CT molecular complexity index is 818. The molecule has 1 aromatic heterocycles. The van der Waals surface area contributed by atoms with Gasteiger partial charge in [0.1, 0.15) is 5.75 Å². The number of hydrogen-bond donors (Lipinski definition) is 2. The SMILES string of the molecule is Cc1cc(C(F)(F)F)cc(O)c1-c1ccc(N2CCO[C@@H]3CNC[C@H]32)nn1. The number of hydrogen-bond acceptors (Lipinski definition) is 6. The number of fused-ring (bicyclic) bond motifs is 1. The van der Waals surface area contributed by atoms with Gasteiger partial charge in [0.05, 0.1) is 30.0 Å². The van der Waals surface area contributed by atoms with E-state index >= 15 is 0 Å². The van der Waals surface area contributed by atoms with Crippen LogP contribution in [0.4, 0.5) is 19.0 Å². The van der Waals surface area contributed by atoms with Crippen LogP contribution >= 0.6 is 0 Å². The quantitative estimate of drug-likeness (QED) is 0.834. The molecule has 2 aromatic rings. The van der Waals surface area contributed by atoms with Crippen molar-refractivity contribution in [2.75, 3.05) is 31.1 Å². The van der Waals surface area contributed by atoms with Gasteiger partial charge < -0.3 is 20.1 Å². The summed E-state index contributed by atoms with van der Waals surface area (Å²) in [6.07, 6.45) is -4.40. The molecule has 2 N–H and O–H groups in total. The Labute approximate surface area is 154 Å². The Hall–Kier alpha value is -2.39. The first-order valence-corrected chi connectivity index (χ1v) is 8.68. The van der Waals surface area contributed by atoms with E-state index in [2.05, 4.69) is 20.4 Å². The molecule has 9 heteroatoms. The lowest BCUT2D eigenvalue weighted by molar-refractivity contribution is -0.137. The van der Waals surface area contributed by atoms with Crippen LogP contribution < -0.4 is 10.2 Å². The zero-order chi connectivity index (χ0) is 19.2. The van der Waals surface area contributed by atoms with Gasteiger partial charge in [-0.05, 0) is 36.8 Å². The number of phenols is 1. The summed E-state index contributed by atoms with van der Waals surface area (Å²) < 4.78 is 44.4. The van der Waals surface area contributed by atoms with Crippen molar-refractivity contribution in [3.8, 4) is 17.0 Å². The number of rotatable bonds is 2. The molecule has 0 amide bonds. The van der Waals surface area contributed by atoms with Crippen LogP contribution in [0.3, 0.4) is 0 Å². The Balaban J connectivity index is 1.63. The molecule has 3 heterocycles. The summed E-state index contributed by atoms with van der Waals surface area (Å²) >= 11 is 0. The van der Waals surface area contributed by atoms with Crippen molar-refractivity contribution in [3.05, 3.63) is 35.4 Å². The monoisotopic (exact) mass is 380 g/mol. The molecule has 2 fully saturated rings. The van der Waals surface area contributed by atoms with Crippen LogP contribution in [0.2, 0.25) is 0 Å². The summed E-state index contributed by atoms with van der Waals surface area (Å²) in [5, 5.41) is 21.8. The number of nitrogens with zero attached hydrogens (tertiary/aromatic N) is 3. The van der Waals surface area contributed by atoms with Gasteiger partial charge in [-0.15, -0.1) is 10.2 Å². The Morgan fingerprint density at radius 2 is 2.04 bits per heavy atom. The maximum atomic E-state index is 12.9. The van der Waals surface area contributed by atoms with E-state index in [0.717, 1.165) is 19.2 Å². The summed E-state index contributed by atoms with van der Waals surface area (Å²) in [5.74, 6) is 0.223. The van der Waals surface area contributed by atoms with Crippen LogP contribution in [0.25, 0.3) is 11.3 Å². The van der Waals surface area contributed by atoms with Gasteiger partial charge in [-0.3, -0.25) is 0 Å². The predicted molar refractivity (Wildman–Crippen MR) is 92.6 cm³/mol. The highest BCUT2D eigenvalue weighted by Gasteiger charge is 2.37. The summed E-state index contributed by atoms with van der Waals surface area (Å²) in [6, 6.07) is 5.35. The lowest BCUT2D eigenvalue weighted by Gasteiger charge is -2.37. The highest BCUT2D eigenvalue weighted by Crippen LogP contribution is 2.38. The molecule has 2 saturated heterocycles. The molecule has 0 unspecified atom stereocenters. The standard InChI is InChI=1S/C18H19F3N4O2/c1-10-6-11(18(19,20)21)7-14(26)17(10)12-2-3-16(24-23-12)25-4-5-27-15-9-22-8-13(15)25/h2-3,6-7,13,15,22,26H,4-5,8-9H2,1H3/t13-,15-/m1/s1. The zero-order valence-electron chi connectivity index (χ0n) is 14.6. The van der Waals surface area contributed by atoms with Crippen molar-refractivity contribution in [3.63, 3.8) is 0 Å². The summed E-state index contributed by atoms with van der Waals surface area (Å²) in [5.41, 5.74) is -0.0176. The first-order valence-electron chi connectivity index (χ1n) is 8.68. The number of benzene rings is 1. The van der Waals surface area contributed by atoms with Gasteiger partial charge in [0, 0.05) is 25.2 Å². The molecule has 2 aliphatic rings. The van der Waals surface area contributed by atoms with Crippen molar-refractivity contribution in [2.24, 2.45) is 0 Å². The van der Waals surface area contributed by atoms with Gasteiger partial charge in [0.15, 0.2) is 5.82 Å². The van der Waals surface area contributed by atoms with Crippen molar-refractivity contribution in [2.45, 2.75) is 25.2 Å². The number of aromatic nitrogens is 2. The van der Waals surface area contributed by atoms with Crippen molar-refractivity contribution in [1.82, 2.24) is 15.5 Å². The number of halogens is 3. The molecule has 4 rings (SSSR count). The van der Waals surface area contributed by atoms with E-state index in [1.165, 1.54) is 6.92 Å². The fourth-order valence-electron chi connectivity index (χ4n) is 3.75. The predicted octanol–water partition coefficient (Wildman–Crippen LogP) is 2.35. The number of aromatic hydroxyl groups is 1. The van der Waals surface area contributed by atoms with Gasteiger partial charge in [0.25, 0.3) is 0 Å². The molecule has 2 atom stereocenters. The Morgan fingerprint density at radius 1 is 1.22 bits per heavy atom.